The summed E-state index contributed by atoms with van der Waals surface area (Å²) in [5.41, 5.74) is 4.42. The molecule has 0 atom stereocenters. The molecule has 17 heavy (non-hydrogen) atoms. The molecule has 0 aliphatic rings. The molecule has 0 radical (unpaired) electrons. The van der Waals surface area contributed by atoms with Crippen molar-refractivity contribution >= 4 is 0 Å². The maximum atomic E-state index is 5.41. The molecule has 0 bridgehead atoms. The maximum absolute atomic E-state index is 5.41. The van der Waals surface area contributed by atoms with Crippen molar-refractivity contribution in [2.75, 3.05) is 7.11 Å². The largest absolute Gasteiger partial charge is 0.496 e. The molecule has 3 nitrogen and oxygen atoms in total. The lowest BCUT2D eigenvalue weighted by Gasteiger charge is -2.09. The maximum Gasteiger partial charge on any atom is 0.128 e. The van der Waals surface area contributed by atoms with Crippen LogP contribution in [-0.2, 0) is 6.42 Å². The summed E-state index contributed by atoms with van der Waals surface area (Å²) in [7, 11) is 1.69. The lowest BCUT2D eigenvalue weighted by molar-refractivity contribution is 0.416. The Morgan fingerprint density at radius 2 is 2.06 bits per heavy atom. The van der Waals surface area contributed by atoms with Gasteiger partial charge in [-0.25, -0.2) is 4.98 Å². The Kier molecular flexibility index (Phi) is 3.18. The average molecular weight is 230 g/mol. The summed E-state index contributed by atoms with van der Waals surface area (Å²) in [5, 5.41) is 0. The number of imidazole rings is 1. The van der Waals surface area contributed by atoms with Gasteiger partial charge in [0.25, 0.3) is 0 Å². The first-order valence-corrected chi connectivity index (χ1v) is 5.86. The molecule has 0 spiro atoms. The number of hydrogen-bond donors (Lipinski definition) is 1. The molecule has 0 saturated heterocycles. The molecule has 1 aromatic carbocycles. The molecular formula is C14H18N2O. The first-order chi connectivity index (χ1) is 8.15. The zero-order chi connectivity index (χ0) is 12.4. The second kappa shape index (κ2) is 4.62. The summed E-state index contributed by atoms with van der Waals surface area (Å²) in [6.07, 6.45) is 1.01. The molecule has 0 saturated carbocycles. The van der Waals surface area contributed by atoms with Gasteiger partial charge in [-0.2, -0.15) is 0 Å². The van der Waals surface area contributed by atoms with E-state index in [9.17, 15) is 0 Å². The Balaban J connectivity index is 2.59. The number of hydrogen-bond acceptors (Lipinski definition) is 2. The van der Waals surface area contributed by atoms with Crippen molar-refractivity contribution < 1.29 is 4.74 Å². The van der Waals surface area contributed by atoms with Crippen LogP contribution in [0.25, 0.3) is 11.3 Å². The van der Waals surface area contributed by atoms with E-state index in [1.165, 1.54) is 5.56 Å². The topological polar surface area (TPSA) is 37.9 Å². The minimum atomic E-state index is 0.872. The second-order valence-electron chi connectivity index (χ2n) is 4.18. The summed E-state index contributed by atoms with van der Waals surface area (Å²) in [5.74, 6) is 1.80. The van der Waals surface area contributed by atoms with Gasteiger partial charge in [-0.3, -0.25) is 0 Å². The predicted molar refractivity (Wildman–Crippen MR) is 69.4 cm³/mol. The minimum Gasteiger partial charge on any atom is -0.496 e. The van der Waals surface area contributed by atoms with E-state index < -0.39 is 0 Å². The van der Waals surface area contributed by atoms with Crippen molar-refractivity contribution in [3.63, 3.8) is 0 Å². The van der Waals surface area contributed by atoms with Crippen LogP contribution in [0.1, 0.15) is 24.0 Å². The van der Waals surface area contributed by atoms with E-state index >= 15 is 0 Å². The Hall–Kier alpha value is -1.77. The van der Waals surface area contributed by atoms with E-state index in [1.807, 2.05) is 19.9 Å². The Morgan fingerprint density at radius 3 is 2.59 bits per heavy atom. The minimum absolute atomic E-state index is 0.872. The number of aryl methyl sites for hydroxylation is 3. The number of nitrogens with one attached hydrogen (secondary N) is 1. The summed E-state index contributed by atoms with van der Waals surface area (Å²) in [6.45, 7) is 6.15. The first kappa shape index (κ1) is 11.7. The van der Waals surface area contributed by atoms with Gasteiger partial charge in [0.15, 0.2) is 0 Å². The highest BCUT2D eigenvalue weighted by Gasteiger charge is 2.12. The van der Waals surface area contributed by atoms with Crippen LogP contribution < -0.4 is 4.74 Å². The van der Waals surface area contributed by atoms with Crippen molar-refractivity contribution in [3.05, 3.63) is 35.3 Å². The number of rotatable bonds is 3. The van der Waals surface area contributed by atoms with Crippen LogP contribution in [0.2, 0.25) is 0 Å². The molecule has 3 heteroatoms. The monoisotopic (exact) mass is 230 g/mol. The molecule has 1 N–H and O–H groups in total. The predicted octanol–water partition coefficient (Wildman–Crippen LogP) is 3.26. The third kappa shape index (κ3) is 2.18. The van der Waals surface area contributed by atoms with Gasteiger partial charge >= 0.3 is 0 Å². The van der Waals surface area contributed by atoms with Crippen LogP contribution in [-0.4, -0.2) is 17.1 Å². The number of aromatic nitrogens is 2. The quantitative estimate of drug-likeness (QED) is 0.878. The molecule has 0 aliphatic carbocycles. The highest BCUT2D eigenvalue weighted by atomic mass is 16.5. The zero-order valence-electron chi connectivity index (χ0n) is 10.8. The summed E-state index contributed by atoms with van der Waals surface area (Å²) in [6, 6.07) is 6.26. The van der Waals surface area contributed by atoms with E-state index in [1.54, 1.807) is 7.11 Å². The van der Waals surface area contributed by atoms with Gasteiger partial charge in [0.1, 0.15) is 11.6 Å². The summed E-state index contributed by atoms with van der Waals surface area (Å²) >= 11 is 0. The molecule has 90 valence electrons. The van der Waals surface area contributed by atoms with Crippen molar-refractivity contribution in [1.82, 2.24) is 9.97 Å². The second-order valence-corrected chi connectivity index (χ2v) is 4.18. The lowest BCUT2D eigenvalue weighted by Crippen LogP contribution is -1.92. The van der Waals surface area contributed by atoms with Crippen molar-refractivity contribution in [1.29, 1.82) is 0 Å². The van der Waals surface area contributed by atoms with E-state index in [2.05, 4.69) is 29.0 Å². The van der Waals surface area contributed by atoms with Crippen molar-refractivity contribution in [2.24, 2.45) is 0 Å². The summed E-state index contributed by atoms with van der Waals surface area (Å²) in [4.78, 5) is 7.76. The fraction of sp³-hybridized carbons (Fsp3) is 0.357. The number of methoxy groups -OCH3 is 1. The van der Waals surface area contributed by atoms with Crippen LogP contribution in [0.3, 0.4) is 0 Å². The number of benzene rings is 1. The zero-order valence-corrected chi connectivity index (χ0v) is 10.8. The first-order valence-electron chi connectivity index (χ1n) is 5.86. The molecule has 1 heterocycles. The molecule has 0 fully saturated rings. The molecule has 0 aliphatic heterocycles. The van der Waals surface area contributed by atoms with E-state index in [4.69, 9.17) is 4.74 Å². The number of H-pyrrole nitrogens is 1. The van der Waals surface area contributed by atoms with Crippen LogP contribution in [0, 0.1) is 13.8 Å². The highest BCUT2D eigenvalue weighted by Crippen LogP contribution is 2.31. The van der Waals surface area contributed by atoms with Gasteiger partial charge in [-0.15, -0.1) is 0 Å². The van der Waals surface area contributed by atoms with Gasteiger partial charge < -0.3 is 9.72 Å². The van der Waals surface area contributed by atoms with Crippen LogP contribution in [0.15, 0.2) is 18.2 Å². The van der Waals surface area contributed by atoms with E-state index in [0.29, 0.717) is 0 Å². The van der Waals surface area contributed by atoms with Crippen LogP contribution in [0.4, 0.5) is 0 Å². The fourth-order valence-corrected chi connectivity index (χ4v) is 2.03. The Bertz CT molecular complexity index is 529. The molecule has 1 aromatic heterocycles. The highest BCUT2D eigenvalue weighted by molar-refractivity contribution is 5.70. The third-order valence-corrected chi connectivity index (χ3v) is 2.93. The van der Waals surface area contributed by atoms with E-state index in [-0.39, 0.29) is 0 Å². The van der Waals surface area contributed by atoms with Gasteiger partial charge in [-0.05, 0) is 38.0 Å². The Morgan fingerprint density at radius 1 is 1.29 bits per heavy atom. The number of nitrogens with zero attached hydrogens (tertiary/aromatic N) is 1. The molecule has 0 amide bonds. The number of ether oxygens (including phenoxy) is 1. The SMILES string of the molecule is CCc1ccc(OC)c(-c2nc(C)[nH]c2C)c1. The number of aromatic amines is 1. The molecule has 2 aromatic rings. The van der Waals surface area contributed by atoms with Gasteiger partial charge in [-0.1, -0.05) is 13.0 Å². The van der Waals surface area contributed by atoms with Gasteiger partial charge in [0, 0.05) is 11.3 Å². The van der Waals surface area contributed by atoms with Crippen molar-refractivity contribution in [3.8, 4) is 17.0 Å². The smallest absolute Gasteiger partial charge is 0.128 e. The normalized spacial score (nSPS) is 10.6. The van der Waals surface area contributed by atoms with Gasteiger partial charge in [0.2, 0.25) is 0 Å². The van der Waals surface area contributed by atoms with Gasteiger partial charge in [0.05, 0.1) is 12.8 Å². The van der Waals surface area contributed by atoms with E-state index in [0.717, 1.165) is 34.9 Å². The Labute approximate surface area is 102 Å². The third-order valence-electron chi connectivity index (χ3n) is 2.93. The molecular weight excluding hydrogens is 212 g/mol. The van der Waals surface area contributed by atoms with Crippen LogP contribution >= 0.6 is 0 Å². The molecule has 0 unspecified atom stereocenters. The fourth-order valence-electron chi connectivity index (χ4n) is 2.03. The lowest BCUT2D eigenvalue weighted by atomic mass is 10.0. The average Bonchev–Trinajstić information content (AvgIpc) is 2.67. The van der Waals surface area contributed by atoms with Crippen molar-refractivity contribution in [2.45, 2.75) is 27.2 Å². The summed E-state index contributed by atoms with van der Waals surface area (Å²) < 4.78 is 5.41. The molecule has 2 rings (SSSR count). The van der Waals surface area contributed by atoms with Crippen LogP contribution in [0.5, 0.6) is 5.75 Å². The standard InChI is InChI=1S/C14H18N2O/c1-5-11-6-7-13(17-4)12(8-11)14-9(2)15-10(3)16-14/h6-8H,5H2,1-4H3,(H,15,16).